The Morgan fingerprint density at radius 1 is 0.933 bits per heavy atom. The normalized spacial score (nSPS) is 12.8. The summed E-state index contributed by atoms with van der Waals surface area (Å²) in [6.07, 6.45) is 1.22. The SMILES string of the molecule is CN(C)CCN(C)CCCNC(C)(C)C. The molecule has 0 atom stereocenters. The predicted octanol–water partition coefficient (Wildman–Crippen LogP) is 1.26. The van der Waals surface area contributed by atoms with Crippen molar-refractivity contribution in [2.45, 2.75) is 32.7 Å². The summed E-state index contributed by atoms with van der Waals surface area (Å²) in [5.74, 6) is 0. The molecule has 3 nitrogen and oxygen atoms in total. The Balaban J connectivity index is 3.35. The van der Waals surface area contributed by atoms with E-state index in [2.05, 4.69) is 57.0 Å². The zero-order chi connectivity index (χ0) is 11.9. The first-order valence-corrected chi connectivity index (χ1v) is 5.89. The van der Waals surface area contributed by atoms with Crippen molar-refractivity contribution >= 4 is 0 Å². The Kier molecular flexibility index (Phi) is 7.14. The molecule has 0 aromatic heterocycles. The first-order chi connectivity index (χ1) is 6.81. The molecule has 0 rings (SSSR count). The molecule has 15 heavy (non-hydrogen) atoms. The van der Waals surface area contributed by atoms with Crippen molar-refractivity contribution < 1.29 is 0 Å². The Labute approximate surface area is 95.8 Å². The lowest BCUT2D eigenvalue weighted by Crippen LogP contribution is -2.38. The molecule has 0 fully saturated rings. The molecule has 0 spiro atoms. The van der Waals surface area contributed by atoms with E-state index in [1.54, 1.807) is 0 Å². The van der Waals surface area contributed by atoms with E-state index in [-0.39, 0.29) is 5.54 Å². The second-order valence-corrected chi connectivity index (χ2v) is 5.64. The fourth-order valence-electron chi connectivity index (χ4n) is 1.29. The fraction of sp³-hybridized carbons (Fsp3) is 1.00. The third-order valence-corrected chi connectivity index (χ3v) is 2.30. The summed E-state index contributed by atoms with van der Waals surface area (Å²) in [6.45, 7) is 11.2. The number of rotatable bonds is 7. The van der Waals surface area contributed by atoms with Gasteiger partial charge in [-0.2, -0.15) is 0 Å². The fourth-order valence-corrected chi connectivity index (χ4v) is 1.29. The Morgan fingerprint density at radius 2 is 1.53 bits per heavy atom. The summed E-state index contributed by atoms with van der Waals surface area (Å²) in [5, 5.41) is 3.51. The number of hydrogen-bond acceptors (Lipinski definition) is 3. The van der Waals surface area contributed by atoms with E-state index in [1.807, 2.05) is 0 Å². The Bertz CT molecular complexity index is 149. The van der Waals surface area contributed by atoms with Crippen LogP contribution in [0.5, 0.6) is 0 Å². The maximum Gasteiger partial charge on any atom is 0.0106 e. The molecule has 0 unspecified atom stereocenters. The summed E-state index contributed by atoms with van der Waals surface area (Å²) in [5.41, 5.74) is 0.252. The van der Waals surface area contributed by atoms with Crippen LogP contribution >= 0.6 is 0 Å². The van der Waals surface area contributed by atoms with Crippen LogP contribution in [-0.2, 0) is 0 Å². The lowest BCUT2D eigenvalue weighted by molar-refractivity contribution is 0.274. The zero-order valence-electron chi connectivity index (χ0n) is 11.4. The molecule has 0 aromatic rings. The highest BCUT2D eigenvalue weighted by Crippen LogP contribution is 1.98. The zero-order valence-corrected chi connectivity index (χ0v) is 11.4. The van der Waals surface area contributed by atoms with Gasteiger partial charge in [0.2, 0.25) is 0 Å². The monoisotopic (exact) mass is 215 g/mol. The third kappa shape index (κ3) is 11.8. The van der Waals surface area contributed by atoms with E-state index >= 15 is 0 Å². The molecule has 3 heteroatoms. The molecule has 0 aliphatic rings. The average Bonchev–Trinajstić information content (AvgIpc) is 2.07. The predicted molar refractivity (Wildman–Crippen MR) is 68.4 cm³/mol. The van der Waals surface area contributed by atoms with Crippen molar-refractivity contribution in [2.24, 2.45) is 0 Å². The van der Waals surface area contributed by atoms with Crippen LogP contribution in [0.15, 0.2) is 0 Å². The lowest BCUT2D eigenvalue weighted by Gasteiger charge is -2.22. The molecule has 0 heterocycles. The Hall–Kier alpha value is -0.120. The van der Waals surface area contributed by atoms with Gasteiger partial charge in [0.05, 0.1) is 0 Å². The first kappa shape index (κ1) is 14.9. The van der Waals surface area contributed by atoms with Gasteiger partial charge in [0.15, 0.2) is 0 Å². The summed E-state index contributed by atoms with van der Waals surface area (Å²) < 4.78 is 0. The van der Waals surface area contributed by atoms with Gasteiger partial charge in [-0.1, -0.05) is 0 Å². The van der Waals surface area contributed by atoms with Crippen LogP contribution in [-0.4, -0.2) is 62.7 Å². The van der Waals surface area contributed by atoms with Gasteiger partial charge < -0.3 is 15.1 Å². The summed E-state index contributed by atoms with van der Waals surface area (Å²) >= 11 is 0. The highest BCUT2D eigenvalue weighted by molar-refractivity contribution is 4.70. The molecule has 0 aromatic carbocycles. The third-order valence-electron chi connectivity index (χ3n) is 2.30. The molecule has 0 radical (unpaired) electrons. The van der Waals surface area contributed by atoms with E-state index in [9.17, 15) is 0 Å². The second kappa shape index (κ2) is 7.20. The van der Waals surface area contributed by atoms with Gasteiger partial charge in [-0.15, -0.1) is 0 Å². The van der Waals surface area contributed by atoms with E-state index in [0.717, 1.165) is 19.6 Å². The molecular formula is C12H29N3. The number of hydrogen-bond donors (Lipinski definition) is 1. The largest absolute Gasteiger partial charge is 0.312 e. The smallest absolute Gasteiger partial charge is 0.0106 e. The van der Waals surface area contributed by atoms with Gasteiger partial charge in [-0.05, 0) is 61.4 Å². The Morgan fingerprint density at radius 3 is 2.00 bits per heavy atom. The van der Waals surface area contributed by atoms with Crippen molar-refractivity contribution in [3.8, 4) is 0 Å². The molecule has 92 valence electrons. The maximum absolute atomic E-state index is 3.51. The number of nitrogens with one attached hydrogen (secondary N) is 1. The van der Waals surface area contributed by atoms with Crippen molar-refractivity contribution in [2.75, 3.05) is 47.3 Å². The molecule has 1 N–H and O–H groups in total. The van der Waals surface area contributed by atoms with Crippen LogP contribution in [0.2, 0.25) is 0 Å². The highest BCUT2D eigenvalue weighted by atomic mass is 15.1. The number of likely N-dealkylation sites (N-methyl/N-ethyl adjacent to an activating group) is 2. The standard InChI is InChI=1S/C12H29N3/c1-12(2,3)13-8-7-9-15(6)11-10-14(4)5/h13H,7-11H2,1-6H3. The van der Waals surface area contributed by atoms with Gasteiger partial charge in [-0.25, -0.2) is 0 Å². The molecule has 0 aliphatic carbocycles. The summed E-state index contributed by atoms with van der Waals surface area (Å²) in [6, 6.07) is 0. The van der Waals surface area contributed by atoms with E-state index < -0.39 is 0 Å². The van der Waals surface area contributed by atoms with Crippen molar-refractivity contribution in [1.82, 2.24) is 15.1 Å². The second-order valence-electron chi connectivity index (χ2n) is 5.64. The molecule has 0 saturated heterocycles. The van der Waals surface area contributed by atoms with Crippen LogP contribution in [0.4, 0.5) is 0 Å². The molecule has 0 bridgehead atoms. The van der Waals surface area contributed by atoms with Crippen molar-refractivity contribution in [3.05, 3.63) is 0 Å². The van der Waals surface area contributed by atoms with E-state index in [0.29, 0.717) is 0 Å². The topological polar surface area (TPSA) is 18.5 Å². The minimum absolute atomic E-state index is 0.252. The molecule has 0 saturated carbocycles. The van der Waals surface area contributed by atoms with Crippen LogP contribution in [0.3, 0.4) is 0 Å². The highest BCUT2D eigenvalue weighted by Gasteiger charge is 2.07. The summed E-state index contributed by atoms with van der Waals surface area (Å²) in [4.78, 5) is 4.62. The number of nitrogens with zero attached hydrogens (tertiary/aromatic N) is 2. The first-order valence-electron chi connectivity index (χ1n) is 5.89. The summed E-state index contributed by atoms with van der Waals surface area (Å²) in [7, 11) is 6.44. The van der Waals surface area contributed by atoms with Crippen LogP contribution in [0, 0.1) is 0 Å². The van der Waals surface area contributed by atoms with Gasteiger partial charge in [0, 0.05) is 18.6 Å². The van der Waals surface area contributed by atoms with Gasteiger partial charge in [0.25, 0.3) is 0 Å². The van der Waals surface area contributed by atoms with E-state index in [4.69, 9.17) is 0 Å². The van der Waals surface area contributed by atoms with E-state index in [1.165, 1.54) is 13.0 Å². The van der Waals surface area contributed by atoms with Crippen LogP contribution < -0.4 is 5.32 Å². The van der Waals surface area contributed by atoms with Gasteiger partial charge >= 0.3 is 0 Å². The van der Waals surface area contributed by atoms with Gasteiger partial charge in [-0.3, -0.25) is 0 Å². The average molecular weight is 215 g/mol. The van der Waals surface area contributed by atoms with Crippen molar-refractivity contribution in [3.63, 3.8) is 0 Å². The van der Waals surface area contributed by atoms with Crippen LogP contribution in [0.25, 0.3) is 0 Å². The molecule has 0 amide bonds. The lowest BCUT2D eigenvalue weighted by atomic mass is 10.1. The van der Waals surface area contributed by atoms with Crippen molar-refractivity contribution in [1.29, 1.82) is 0 Å². The molecular weight excluding hydrogens is 186 g/mol. The minimum atomic E-state index is 0.252. The minimum Gasteiger partial charge on any atom is -0.312 e. The van der Waals surface area contributed by atoms with Gasteiger partial charge in [0.1, 0.15) is 0 Å². The van der Waals surface area contributed by atoms with Crippen LogP contribution in [0.1, 0.15) is 27.2 Å². The molecule has 0 aliphatic heterocycles. The quantitative estimate of drug-likeness (QED) is 0.645. The maximum atomic E-state index is 3.51.